The second kappa shape index (κ2) is 5.40. The highest BCUT2D eigenvalue weighted by Crippen LogP contribution is 2.22. The maximum atomic E-state index is 13.5. The van der Waals surface area contributed by atoms with Crippen molar-refractivity contribution in [1.82, 2.24) is 0 Å². The van der Waals surface area contributed by atoms with Crippen LogP contribution in [0, 0.1) is 17.7 Å². The lowest BCUT2D eigenvalue weighted by Crippen LogP contribution is -2.29. The molecule has 0 bridgehead atoms. The van der Waals surface area contributed by atoms with Gasteiger partial charge in [-0.3, -0.25) is 9.59 Å². The van der Waals surface area contributed by atoms with Crippen LogP contribution in [0.5, 0.6) is 0 Å². The molecule has 0 aliphatic rings. The lowest BCUT2D eigenvalue weighted by Gasteiger charge is -2.15. The van der Waals surface area contributed by atoms with Crippen molar-refractivity contribution in [2.45, 2.75) is 13.8 Å². The third-order valence-electron chi connectivity index (χ3n) is 2.41. The Labute approximate surface area is 107 Å². The minimum atomic E-state index is -1.23. The van der Waals surface area contributed by atoms with Gasteiger partial charge in [0.15, 0.2) is 5.78 Å². The molecule has 0 saturated carbocycles. The summed E-state index contributed by atoms with van der Waals surface area (Å²) in [6.45, 7) is 3.24. The molecule has 1 unspecified atom stereocenters. The van der Waals surface area contributed by atoms with E-state index in [0.717, 1.165) is 6.07 Å². The smallest absolute Gasteiger partial charge is 0.314 e. The molecule has 3 nitrogen and oxygen atoms in total. The van der Waals surface area contributed by atoms with Crippen molar-refractivity contribution in [1.29, 1.82) is 0 Å². The van der Waals surface area contributed by atoms with Crippen LogP contribution in [0.1, 0.15) is 24.2 Å². The zero-order chi connectivity index (χ0) is 13.2. The highest BCUT2D eigenvalue weighted by molar-refractivity contribution is 9.10. The normalized spacial score (nSPS) is 12.5. The molecule has 1 N–H and O–H groups in total. The molecule has 1 rings (SSSR count). The number of carboxylic acids is 1. The quantitative estimate of drug-likeness (QED) is 0.687. The zero-order valence-corrected chi connectivity index (χ0v) is 11.0. The Hall–Kier alpha value is -1.23. The van der Waals surface area contributed by atoms with Crippen LogP contribution in [0.2, 0.25) is 0 Å². The van der Waals surface area contributed by atoms with E-state index in [1.54, 1.807) is 13.8 Å². The molecule has 0 amide bonds. The van der Waals surface area contributed by atoms with Gasteiger partial charge in [0.1, 0.15) is 11.7 Å². The second-order valence-electron chi connectivity index (χ2n) is 4.05. The number of rotatable bonds is 4. The first kappa shape index (κ1) is 13.8. The monoisotopic (exact) mass is 302 g/mol. The number of ketones is 1. The number of benzene rings is 1. The zero-order valence-electron chi connectivity index (χ0n) is 9.41. The first-order valence-corrected chi connectivity index (χ1v) is 5.86. The molecule has 92 valence electrons. The summed E-state index contributed by atoms with van der Waals surface area (Å²) in [6.07, 6.45) is 0. The second-order valence-corrected chi connectivity index (χ2v) is 4.96. The largest absolute Gasteiger partial charge is 0.481 e. The van der Waals surface area contributed by atoms with Crippen molar-refractivity contribution in [3.05, 3.63) is 34.1 Å². The summed E-state index contributed by atoms with van der Waals surface area (Å²) in [5.74, 6) is -4.25. The van der Waals surface area contributed by atoms with Gasteiger partial charge in [-0.25, -0.2) is 4.39 Å². The predicted molar refractivity (Wildman–Crippen MR) is 64.4 cm³/mol. The molecule has 0 spiro atoms. The van der Waals surface area contributed by atoms with E-state index in [9.17, 15) is 14.0 Å². The molecule has 0 fully saturated rings. The number of carbonyl (C=O) groups is 2. The van der Waals surface area contributed by atoms with E-state index in [1.165, 1.54) is 12.1 Å². The highest BCUT2D eigenvalue weighted by Gasteiger charge is 2.31. The third-order valence-corrected chi connectivity index (χ3v) is 2.90. The molecule has 1 atom stereocenters. The number of halogens is 2. The van der Waals surface area contributed by atoms with Gasteiger partial charge < -0.3 is 5.11 Å². The lowest BCUT2D eigenvalue weighted by molar-refractivity contribution is -0.141. The molecule has 5 heteroatoms. The molecule has 0 heterocycles. The van der Waals surface area contributed by atoms with E-state index in [1.807, 2.05) is 0 Å². The maximum absolute atomic E-state index is 13.5. The van der Waals surface area contributed by atoms with Gasteiger partial charge in [-0.2, -0.15) is 0 Å². The SMILES string of the molecule is CC(C)C(C(=O)O)C(=O)c1cc(Br)ccc1F. The highest BCUT2D eigenvalue weighted by atomic mass is 79.9. The van der Waals surface area contributed by atoms with Gasteiger partial charge in [0.25, 0.3) is 0 Å². The molecule has 0 saturated heterocycles. The van der Waals surface area contributed by atoms with E-state index in [0.29, 0.717) is 4.47 Å². The minimum absolute atomic E-state index is 0.194. The number of hydrogen-bond donors (Lipinski definition) is 1. The molecule has 1 aromatic carbocycles. The average Bonchev–Trinajstić information content (AvgIpc) is 2.20. The molecular weight excluding hydrogens is 291 g/mol. The molecule has 0 aromatic heterocycles. The Bertz CT molecular complexity index is 457. The van der Waals surface area contributed by atoms with Gasteiger partial charge in [-0.15, -0.1) is 0 Å². The molecule has 0 aliphatic heterocycles. The van der Waals surface area contributed by atoms with Crippen LogP contribution in [0.4, 0.5) is 4.39 Å². The van der Waals surface area contributed by atoms with Crippen molar-refractivity contribution in [3.8, 4) is 0 Å². The average molecular weight is 303 g/mol. The van der Waals surface area contributed by atoms with Crippen molar-refractivity contribution >= 4 is 27.7 Å². The topological polar surface area (TPSA) is 54.4 Å². The number of carbonyl (C=O) groups excluding carboxylic acids is 1. The first-order chi connectivity index (χ1) is 7.84. The summed E-state index contributed by atoms with van der Waals surface area (Å²) in [5.41, 5.74) is -0.194. The number of hydrogen-bond acceptors (Lipinski definition) is 2. The van der Waals surface area contributed by atoms with E-state index in [2.05, 4.69) is 15.9 Å². The van der Waals surface area contributed by atoms with Gasteiger partial charge in [0.2, 0.25) is 0 Å². The Morgan fingerprint density at radius 2 is 1.94 bits per heavy atom. The number of carboxylic acid groups (broad SMARTS) is 1. The van der Waals surface area contributed by atoms with Gasteiger partial charge in [-0.05, 0) is 24.1 Å². The fourth-order valence-corrected chi connectivity index (χ4v) is 1.91. The van der Waals surface area contributed by atoms with Crippen molar-refractivity contribution in [2.24, 2.45) is 11.8 Å². The fraction of sp³-hybridized carbons (Fsp3) is 0.333. The van der Waals surface area contributed by atoms with Gasteiger partial charge in [0, 0.05) is 4.47 Å². The molecule has 0 radical (unpaired) electrons. The van der Waals surface area contributed by atoms with Crippen LogP contribution in [0.25, 0.3) is 0 Å². The van der Waals surface area contributed by atoms with Gasteiger partial charge in [-0.1, -0.05) is 29.8 Å². The summed E-state index contributed by atoms with van der Waals surface area (Å²) in [4.78, 5) is 23.0. The van der Waals surface area contributed by atoms with Crippen LogP contribution in [-0.2, 0) is 4.79 Å². The van der Waals surface area contributed by atoms with Crippen molar-refractivity contribution in [2.75, 3.05) is 0 Å². The third kappa shape index (κ3) is 3.12. The number of Topliss-reactive ketones (excluding diaryl/α,β-unsaturated/α-hetero) is 1. The van der Waals surface area contributed by atoms with Crippen LogP contribution >= 0.6 is 15.9 Å². The summed E-state index contributed by atoms with van der Waals surface area (Å²) in [5, 5.41) is 8.98. The maximum Gasteiger partial charge on any atom is 0.314 e. The fourth-order valence-electron chi connectivity index (χ4n) is 1.55. The van der Waals surface area contributed by atoms with Gasteiger partial charge in [0.05, 0.1) is 5.56 Å². The van der Waals surface area contributed by atoms with E-state index in [4.69, 9.17) is 5.11 Å². The van der Waals surface area contributed by atoms with Crippen molar-refractivity contribution in [3.63, 3.8) is 0 Å². The Morgan fingerprint density at radius 3 is 2.41 bits per heavy atom. The van der Waals surface area contributed by atoms with E-state index < -0.39 is 29.4 Å². The predicted octanol–water partition coefficient (Wildman–Crippen LogP) is 3.13. The van der Waals surface area contributed by atoms with Crippen LogP contribution in [0.3, 0.4) is 0 Å². The van der Waals surface area contributed by atoms with Gasteiger partial charge >= 0.3 is 5.97 Å². The lowest BCUT2D eigenvalue weighted by atomic mass is 9.88. The van der Waals surface area contributed by atoms with E-state index >= 15 is 0 Å². The summed E-state index contributed by atoms with van der Waals surface area (Å²) in [7, 11) is 0. The first-order valence-electron chi connectivity index (χ1n) is 5.06. The molecular formula is C12H12BrFO3. The molecule has 0 aliphatic carbocycles. The Morgan fingerprint density at radius 1 is 1.35 bits per heavy atom. The standard InChI is InChI=1S/C12H12BrFO3/c1-6(2)10(12(16)17)11(15)8-5-7(13)3-4-9(8)14/h3-6,10H,1-2H3,(H,16,17). The van der Waals surface area contributed by atoms with Crippen LogP contribution < -0.4 is 0 Å². The summed E-state index contributed by atoms with van der Waals surface area (Å²) >= 11 is 3.12. The number of aliphatic carboxylic acids is 1. The Kier molecular flexibility index (Phi) is 4.40. The molecule has 17 heavy (non-hydrogen) atoms. The van der Waals surface area contributed by atoms with Crippen molar-refractivity contribution < 1.29 is 19.1 Å². The molecule has 1 aromatic rings. The van der Waals surface area contributed by atoms with Crippen LogP contribution in [0.15, 0.2) is 22.7 Å². The summed E-state index contributed by atoms with van der Waals surface area (Å²) in [6, 6.07) is 3.89. The minimum Gasteiger partial charge on any atom is -0.481 e. The summed E-state index contributed by atoms with van der Waals surface area (Å²) < 4.78 is 14.0. The van der Waals surface area contributed by atoms with E-state index in [-0.39, 0.29) is 5.56 Å². The van der Waals surface area contributed by atoms with Crippen LogP contribution in [-0.4, -0.2) is 16.9 Å². The Balaban J connectivity index is 3.18.